The third kappa shape index (κ3) is 4.27. The summed E-state index contributed by atoms with van der Waals surface area (Å²) in [5, 5.41) is 8.22. The van der Waals surface area contributed by atoms with Crippen LogP contribution in [0.2, 0.25) is 0 Å². The molecular formula is C18H25N3O3S. The second-order valence-corrected chi connectivity index (χ2v) is 9.02. The minimum absolute atomic E-state index is 0.0530. The number of hydrogen-bond donors (Lipinski definition) is 0. The van der Waals surface area contributed by atoms with Gasteiger partial charge in [0, 0.05) is 24.9 Å². The van der Waals surface area contributed by atoms with Gasteiger partial charge in [-0.3, -0.25) is 0 Å². The number of aromatic nitrogens is 2. The van der Waals surface area contributed by atoms with Gasteiger partial charge in [0.05, 0.1) is 5.75 Å². The number of nitrogens with zero attached hydrogens (tertiary/aromatic N) is 3. The molecule has 1 aromatic carbocycles. The summed E-state index contributed by atoms with van der Waals surface area (Å²) in [6, 6.07) is 7.66. The third-order valence-electron chi connectivity index (χ3n) is 4.58. The minimum Gasteiger partial charge on any atom is -0.425 e. The number of rotatable bonds is 5. The average Bonchev–Trinajstić information content (AvgIpc) is 3.05. The fourth-order valence-electron chi connectivity index (χ4n) is 3.13. The number of piperidine rings is 1. The Morgan fingerprint density at radius 2 is 1.96 bits per heavy atom. The first-order chi connectivity index (χ1) is 11.8. The molecule has 7 heteroatoms. The number of sulfonamides is 1. The summed E-state index contributed by atoms with van der Waals surface area (Å²) in [6.07, 6.45) is 1.43. The number of aryl methyl sites for hydroxylation is 1. The highest BCUT2D eigenvalue weighted by Crippen LogP contribution is 2.30. The molecule has 1 aromatic heterocycles. The molecule has 0 radical (unpaired) electrons. The van der Waals surface area contributed by atoms with E-state index in [9.17, 15) is 8.42 Å². The number of hydrogen-bond acceptors (Lipinski definition) is 5. The Morgan fingerprint density at radius 1 is 1.24 bits per heavy atom. The number of benzene rings is 1. The van der Waals surface area contributed by atoms with E-state index in [4.69, 9.17) is 4.42 Å². The molecule has 1 saturated heterocycles. The molecule has 3 rings (SSSR count). The van der Waals surface area contributed by atoms with Gasteiger partial charge in [-0.25, -0.2) is 12.7 Å². The molecule has 0 saturated carbocycles. The monoisotopic (exact) mass is 363 g/mol. The molecule has 0 unspecified atom stereocenters. The van der Waals surface area contributed by atoms with Crippen LogP contribution in [0.4, 0.5) is 0 Å². The van der Waals surface area contributed by atoms with Crippen LogP contribution < -0.4 is 0 Å². The highest BCUT2D eigenvalue weighted by molar-refractivity contribution is 7.88. The van der Waals surface area contributed by atoms with Crippen molar-refractivity contribution in [1.29, 1.82) is 0 Å². The Balaban J connectivity index is 1.62. The summed E-state index contributed by atoms with van der Waals surface area (Å²) < 4.78 is 32.7. The summed E-state index contributed by atoms with van der Waals surface area (Å²) in [6.45, 7) is 6.99. The Morgan fingerprint density at radius 3 is 2.56 bits per heavy atom. The largest absolute Gasteiger partial charge is 0.425 e. The van der Waals surface area contributed by atoms with Crippen molar-refractivity contribution >= 4 is 10.0 Å². The van der Waals surface area contributed by atoms with E-state index in [2.05, 4.69) is 10.2 Å². The van der Waals surface area contributed by atoms with Crippen LogP contribution in [-0.2, 0) is 15.8 Å². The first kappa shape index (κ1) is 18.1. The van der Waals surface area contributed by atoms with Crippen LogP contribution in [0.5, 0.6) is 0 Å². The van der Waals surface area contributed by atoms with Crippen LogP contribution in [0, 0.1) is 6.92 Å². The molecule has 2 heterocycles. The van der Waals surface area contributed by atoms with Gasteiger partial charge in [0.15, 0.2) is 0 Å². The quantitative estimate of drug-likeness (QED) is 0.815. The zero-order valence-corrected chi connectivity index (χ0v) is 15.8. The predicted molar refractivity (Wildman–Crippen MR) is 95.7 cm³/mol. The summed E-state index contributed by atoms with van der Waals surface area (Å²) in [5.74, 6) is 1.68. The molecule has 2 aromatic rings. The molecule has 136 valence electrons. The van der Waals surface area contributed by atoms with Gasteiger partial charge >= 0.3 is 0 Å². The zero-order valence-electron chi connectivity index (χ0n) is 15.0. The molecule has 0 bridgehead atoms. The maximum atomic E-state index is 12.7. The van der Waals surface area contributed by atoms with Gasteiger partial charge in [-0.2, -0.15) is 0 Å². The molecule has 0 atom stereocenters. The molecule has 1 aliphatic heterocycles. The lowest BCUT2D eigenvalue weighted by Crippen LogP contribution is -2.38. The lowest BCUT2D eigenvalue weighted by Gasteiger charge is -2.29. The van der Waals surface area contributed by atoms with Gasteiger partial charge in [-0.15, -0.1) is 10.2 Å². The van der Waals surface area contributed by atoms with Crippen molar-refractivity contribution in [2.75, 3.05) is 13.1 Å². The molecule has 0 spiro atoms. The van der Waals surface area contributed by atoms with Crippen molar-refractivity contribution in [3.63, 3.8) is 0 Å². The normalized spacial score (nSPS) is 17.3. The standard InChI is InChI=1S/C18H25N3O3S/c1-13(2)17-19-20-18(24-17)16-7-9-21(10-8-16)25(22,23)12-15-6-4-5-14(3)11-15/h4-6,11,13,16H,7-10,12H2,1-3H3. The molecule has 0 aliphatic carbocycles. The highest BCUT2D eigenvalue weighted by atomic mass is 32.2. The zero-order chi connectivity index (χ0) is 18.0. The van der Waals surface area contributed by atoms with Gasteiger partial charge in [0.25, 0.3) is 0 Å². The Hall–Kier alpha value is -1.73. The molecule has 1 aliphatic rings. The fourth-order valence-corrected chi connectivity index (χ4v) is 4.68. The van der Waals surface area contributed by atoms with Gasteiger partial charge in [-0.05, 0) is 25.3 Å². The topological polar surface area (TPSA) is 76.3 Å². The maximum absolute atomic E-state index is 12.7. The van der Waals surface area contributed by atoms with E-state index in [0.717, 1.165) is 11.1 Å². The van der Waals surface area contributed by atoms with Crippen LogP contribution in [0.1, 0.15) is 61.4 Å². The summed E-state index contributed by atoms with van der Waals surface area (Å²) >= 11 is 0. The Labute approximate surface area is 149 Å². The van der Waals surface area contributed by atoms with E-state index < -0.39 is 10.0 Å². The summed E-state index contributed by atoms with van der Waals surface area (Å²) in [4.78, 5) is 0. The molecule has 1 fully saturated rings. The Bertz CT molecular complexity index is 822. The van der Waals surface area contributed by atoms with Gasteiger partial charge in [0.2, 0.25) is 21.8 Å². The highest BCUT2D eigenvalue weighted by Gasteiger charge is 2.31. The average molecular weight is 363 g/mol. The first-order valence-corrected chi connectivity index (χ1v) is 10.3. The van der Waals surface area contributed by atoms with Crippen molar-refractivity contribution in [3.8, 4) is 0 Å². The Kier molecular flexibility index (Phi) is 5.24. The van der Waals surface area contributed by atoms with Crippen molar-refractivity contribution < 1.29 is 12.8 Å². The molecule has 0 amide bonds. The van der Waals surface area contributed by atoms with Gasteiger partial charge in [-0.1, -0.05) is 43.7 Å². The van der Waals surface area contributed by atoms with E-state index in [1.807, 2.05) is 45.0 Å². The van der Waals surface area contributed by atoms with Crippen molar-refractivity contribution in [2.24, 2.45) is 0 Å². The lowest BCUT2D eigenvalue weighted by molar-refractivity contribution is 0.284. The second kappa shape index (κ2) is 7.25. The smallest absolute Gasteiger partial charge is 0.219 e. The third-order valence-corrected chi connectivity index (χ3v) is 6.43. The van der Waals surface area contributed by atoms with Crippen LogP contribution in [0.15, 0.2) is 28.7 Å². The SMILES string of the molecule is Cc1cccc(CS(=O)(=O)N2CCC(c3nnc(C(C)C)o3)CC2)c1. The predicted octanol–water partition coefficient (Wildman–Crippen LogP) is 3.21. The van der Waals surface area contributed by atoms with E-state index in [1.54, 1.807) is 4.31 Å². The minimum atomic E-state index is -3.30. The molecule has 25 heavy (non-hydrogen) atoms. The van der Waals surface area contributed by atoms with E-state index >= 15 is 0 Å². The van der Waals surface area contributed by atoms with Crippen molar-refractivity contribution in [1.82, 2.24) is 14.5 Å². The summed E-state index contributed by atoms with van der Waals surface area (Å²) in [7, 11) is -3.30. The van der Waals surface area contributed by atoms with Crippen LogP contribution in [0.25, 0.3) is 0 Å². The fraction of sp³-hybridized carbons (Fsp3) is 0.556. The van der Waals surface area contributed by atoms with Crippen LogP contribution >= 0.6 is 0 Å². The van der Waals surface area contributed by atoms with Crippen LogP contribution in [0.3, 0.4) is 0 Å². The molecule has 0 N–H and O–H groups in total. The van der Waals surface area contributed by atoms with E-state index in [0.29, 0.717) is 37.7 Å². The second-order valence-electron chi connectivity index (χ2n) is 7.05. The molecule has 6 nitrogen and oxygen atoms in total. The van der Waals surface area contributed by atoms with Gasteiger partial charge in [0.1, 0.15) is 0 Å². The van der Waals surface area contributed by atoms with E-state index in [-0.39, 0.29) is 17.6 Å². The van der Waals surface area contributed by atoms with Crippen LogP contribution in [-0.4, -0.2) is 36.0 Å². The maximum Gasteiger partial charge on any atom is 0.219 e. The van der Waals surface area contributed by atoms with E-state index in [1.165, 1.54) is 0 Å². The molecular weight excluding hydrogens is 338 g/mol. The van der Waals surface area contributed by atoms with Crippen molar-refractivity contribution in [2.45, 2.75) is 51.2 Å². The lowest BCUT2D eigenvalue weighted by atomic mass is 9.98. The van der Waals surface area contributed by atoms with Crippen molar-refractivity contribution in [3.05, 3.63) is 47.2 Å². The first-order valence-electron chi connectivity index (χ1n) is 8.72. The van der Waals surface area contributed by atoms with Gasteiger partial charge < -0.3 is 4.42 Å². The summed E-state index contributed by atoms with van der Waals surface area (Å²) in [5.41, 5.74) is 1.91.